The molecule has 0 bridgehead atoms. The van der Waals surface area contributed by atoms with Gasteiger partial charge in [0.1, 0.15) is 33.7 Å². The van der Waals surface area contributed by atoms with Gasteiger partial charge in [-0.3, -0.25) is 87.7 Å². The molecule has 5 N–H and O–H groups in total. The number of carbonyl (C=O) groups excluding carboxylic acids is 6. The van der Waals surface area contributed by atoms with E-state index in [-0.39, 0.29) is 106 Å². The maximum Gasteiger partial charge on any atom is 0.294 e. The SMILES string of the molecule is CC(Oc1cc2cc(Nc3nc(N4CC[C@@H](CN5CCN(c6cccc7c(C8CCC(=O)NC8=O)nn(C)c67)CC5)[C@H](F)C4)ncc3Cl)cnc2n(C(C)C)c1=O)C(=O)NN(C)C(=O)COc1cc2cc(Nc3nc(N4CC[C@@H](CN5CCN(c6cccc7c(C8CCC(=O)NC8=O)nn(C)c67)CC5)[C@H](F)C4)ncc3Cl)cnc2n(C(C)C)c1=O. The largest absolute Gasteiger partial charge is 0.478 e. The van der Waals surface area contributed by atoms with Crippen molar-refractivity contribution in [1.82, 2.24) is 89.5 Å². The maximum absolute atomic E-state index is 16.3. The normalized spacial score (nSPS) is 20.6. The van der Waals surface area contributed by atoms with Crippen molar-refractivity contribution in [2.24, 2.45) is 25.9 Å². The van der Waals surface area contributed by atoms with Crippen LogP contribution in [0.4, 0.5) is 55.1 Å². The molecule has 8 aromatic heterocycles. The number of likely N-dealkylation sites (N-methyl/N-ethyl adjacent to an activating group) is 1. The van der Waals surface area contributed by atoms with E-state index < -0.39 is 71.9 Å². The van der Waals surface area contributed by atoms with E-state index in [9.17, 15) is 38.4 Å². The minimum atomic E-state index is -1.34. The number of hydrogen-bond acceptors (Lipinski definition) is 26. The van der Waals surface area contributed by atoms with Crippen molar-refractivity contribution in [3.63, 3.8) is 0 Å². The number of nitrogens with zero attached hydrogens (tertiary/aromatic N) is 19. The number of rotatable bonds is 22. The summed E-state index contributed by atoms with van der Waals surface area (Å²) in [6.07, 6.45) is 4.73. The summed E-state index contributed by atoms with van der Waals surface area (Å²) in [5.41, 5.74) is 8.05. The quantitative estimate of drug-likeness (QED) is 0.0319. The van der Waals surface area contributed by atoms with Crippen LogP contribution in [-0.2, 0) is 42.9 Å². The summed E-state index contributed by atoms with van der Waals surface area (Å²) in [7, 11) is 5.04. The molecular formula is C82H94Cl2F2N24O10. The van der Waals surface area contributed by atoms with E-state index in [1.807, 2.05) is 47.7 Å². The zero-order valence-electron chi connectivity index (χ0n) is 67.7. The molecule has 120 heavy (non-hydrogen) atoms. The topological polar surface area (TPSA) is 361 Å². The highest BCUT2D eigenvalue weighted by molar-refractivity contribution is 6.33. The molecule has 630 valence electrons. The fourth-order valence-corrected chi connectivity index (χ4v) is 17.5. The van der Waals surface area contributed by atoms with Crippen molar-refractivity contribution in [3.8, 4) is 11.5 Å². The molecule has 0 radical (unpaired) electrons. The van der Waals surface area contributed by atoms with Crippen LogP contribution in [0.25, 0.3) is 43.9 Å². The molecule has 6 aliphatic heterocycles. The van der Waals surface area contributed by atoms with Crippen LogP contribution in [0.3, 0.4) is 0 Å². The van der Waals surface area contributed by atoms with Gasteiger partial charge in [-0.15, -0.1) is 0 Å². The minimum Gasteiger partial charge on any atom is -0.478 e. The van der Waals surface area contributed by atoms with Crippen LogP contribution in [0, 0.1) is 11.8 Å². The third-order valence-electron chi connectivity index (χ3n) is 23.6. The molecule has 6 amide bonds. The maximum atomic E-state index is 16.3. The van der Waals surface area contributed by atoms with Crippen LogP contribution in [0.15, 0.2) is 95.0 Å². The lowest BCUT2D eigenvalue weighted by Crippen LogP contribution is -2.51. The lowest BCUT2D eigenvalue weighted by molar-refractivity contribution is -0.143. The summed E-state index contributed by atoms with van der Waals surface area (Å²) < 4.78 is 51.2. The van der Waals surface area contributed by atoms with Gasteiger partial charge in [0.05, 0.1) is 94.9 Å². The number of ether oxygens (including phenoxy) is 2. The zero-order chi connectivity index (χ0) is 84.2. The van der Waals surface area contributed by atoms with Crippen molar-refractivity contribution >= 4 is 149 Å². The molecule has 34 nitrogen and oxygen atoms in total. The first-order valence-electron chi connectivity index (χ1n) is 40.5. The van der Waals surface area contributed by atoms with E-state index in [0.29, 0.717) is 123 Å². The molecule has 14 heterocycles. The second kappa shape index (κ2) is 34.2. The van der Waals surface area contributed by atoms with Crippen molar-refractivity contribution in [2.45, 2.75) is 116 Å². The predicted molar refractivity (Wildman–Crippen MR) is 449 cm³/mol. The molecule has 3 unspecified atom stereocenters. The van der Waals surface area contributed by atoms with Gasteiger partial charge in [-0.25, -0.2) is 28.7 Å². The number of amides is 6. The van der Waals surface area contributed by atoms with Crippen molar-refractivity contribution < 1.29 is 47.0 Å². The number of halogens is 4. The first-order valence-corrected chi connectivity index (χ1v) is 41.3. The third kappa shape index (κ3) is 16.7. The van der Waals surface area contributed by atoms with Gasteiger partial charge in [-0.1, -0.05) is 47.5 Å². The van der Waals surface area contributed by atoms with E-state index in [2.05, 4.69) is 78.4 Å². The standard InChI is InChI=1S/C82H94Cl2F2N24O10/c1-44(2)109-74-49(31-51(35-87-74)91-72-57(83)37-89-81(95-72)107-21-19-47(59(85)41-107)39-103-23-27-105(28-24-103)61-13-9-11-53-68(97-101(7)70(53)61)55-15-17-65(111)93-77(55)115)33-63(79(109)117)119-43-67(113)100(6)99-76(114)46(5)120-64-34-50-32-52(36-88-75(50)110(45(3)4)80(64)118)92-73-58(84)38-90-82(96-73)108-22-20-48(60(86)42-108)40-104-25-29-106(30-26-104)62-14-10-12-54-69(98-102(8)71(54)62)56-16-18-66(112)94-78(56)116/h9-14,31-38,44-48,55-56,59-60H,15-30,39-43H2,1-8H3,(H,99,114)(H,89,91,95)(H,90,92,96)(H,93,111,115)(H,94,112,116)/t46?,47-,48-,55?,56?,59+,60+/m0/s1. The molecule has 38 heteroatoms. The minimum absolute atomic E-state index is 0.0718. The molecule has 7 atom stereocenters. The fraction of sp³-hybridized carbons (Fsp3) is 0.463. The Labute approximate surface area is 697 Å². The van der Waals surface area contributed by atoms with Crippen molar-refractivity contribution in [2.75, 3.05) is 136 Å². The number of piperazine rings is 2. The Morgan fingerprint density at radius 1 is 0.567 bits per heavy atom. The summed E-state index contributed by atoms with van der Waals surface area (Å²) in [5.74, 6) is -3.53. The molecule has 6 aliphatic rings. The van der Waals surface area contributed by atoms with Crippen LogP contribution in [-0.4, -0.2) is 233 Å². The van der Waals surface area contributed by atoms with E-state index in [4.69, 9.17) is 52.8 Å². The van der Waals surface area contributed by atoms with Crippen LogP contribution in [0.5, 0.6) is 11.5 Å². The summed E-state index contributed by atoms with van der Waals surface area (Å²) >= 11 is 13.4. The predicted octanol–water partition coefficient (Wildman–Crippen LogP) is 7.77. The van der Waals surface area contributed by atoms with Gasteiger partial charge in [-0.05, 0) is 96.7 Å². The summed E-state index contributed by atoms with van der Waals surface area (Å²) in [5, 5.41) is 24.8. The van der Waals surface area contributed by atoms with Crippen LogP contribution in [0.2, 0.25) is 10.0 Å². The van der Waals surface area contributed by atoms with Crippen molar-refractivity contribution in [1.29, 1.82) is 0 Å². The molecule has 10 aromatic rings. The number of hydrogen-bond donors (Lipinski definition) is 5. The van der Waals surface area contributed by atoms with E-state index >= 15 is 8.78 Å². The van der Waals surface area contributed by atoms with Gasteiger partial charge in [0.25, 0.3) is 22.9 Å². The highest BCUT2D eigenvalue weighted by Crippen LogP contribution is 2.40. The number of nitrogens with one attached hydrogen (secondary N) is 5. The lowest BCUT2D eigenvalue weighted by atomic mass is 9.92. The second-order valence-electron chi connectivity index (χ2n) is 32.3. The summed E-state index contributed by atoms with van der Waals surface area (Å²) in [6.45, 7) is 16.0. The smallest absolute Gasteiger partial charge is 0.294 e. The number of aromatic nitrogens is 12. The molecule has 0 spiro atoms. The third-order valence-corrected chi connectivity index (χ3v) is 24.1. The lowest BCUT2D eigenvalue weighted by Gasteiger charge is -2.41. The number of alkyl halides is 2. The van der Waals surface area contributed by atoms with Gasteiger partial charge in [0.2, 0.25) is 35.5 Å². The van der Waals surface area contributed by atoms with Gasteiger partial charge < -0.3 is 39.7 Å². The first kappa shape index (κ1) is 82.0. The number of pyridine rings is 4. The number of aryl methyl sites for hydroxylation is 2. The molecule has 16 rings (SSSR count). The Morgan fingerprint density at radius 3 is 1.44 bits per heavy atom. The number of benzene rings is 2. The zero-order valence-corrected chi connectivity index (χ0v) is 69.2. The highest BCUT2D eigenvalue weighted by atomic mass is 35.5. The Morgan fingerprint density at radius 2 is 1.01 bits per heavy atom. The van der Waals surface area contributed by atoms with Gasteiger partial charge in [0, 0.05) is 158 Å². The molecular weight excluding hydrogens is 1590 g/mol. The molecule has 6 saturated heterocycles. The van der Waals surface area contributed by atoms with Crippen LogP contribution >= 0.6 is 23.2 Å². The number of hydrazine groups is 1. The molecule has 6 fully saturated rings. The van der Waals surface area contributed by atoms with Gasteiger partial charge >= 0.3 is 0 Å². The number of imide groups is 2. The Bertz CT molecular complexity index is 5810. The second-order valence-corrected chi connectivity index (χ2v) is 33.1. The summed E-state index contributed by atoms with van der Waals surface area (Å²) in [4.78, 5) is 146. The Hall–Kier alpha value is -11.8. The molecule has 0 aliphatic carbocycles. The first-order chi connectivity index (χ1) is 57.7. The van der Waals surface area contributed by atoms with Gasteiger partial charge in [0.15, 0.2) is 35.8 Å². The summed E-state index contributed by atoms with van der Waals surface area (Å²) in [6, 6.07) is 17.5. The number of piperidine rings is 4. The average molecular weight is 1680 g/mol. The number of carbonyl (C=O) groups is 6. The van der Waals surface area contributed by atoms with E-state index in [1.165, 1.54) is 60.0 Å². The average Bonchev–Trinajstić information content (AvgIpc) is 1.52. The number of anilines is 8. The van der Waals surface area contributed by atoms with Crippen molar-refractivity contribution in [3.05, 3.63) is 128 Å². The highest BCUT2D eigenvalue weighted by Gasteiger charge is 2.39. The molecule has 2 aromatic carbocycles. The fourth-order valence-electron chi connectivity index (χ4n) is 17.3. The number of para-hydroxylation sites is 2. The van der Waals surface area contributed by atoms with E-state index in [0.717, 1.165) is 64.4 Å². The Balaban J connectivity index is 0.507. The monoisotopic (exact) mass is 1680 g/mol. The number of fused-ring (bicyclic) bond motifs is 4. The Kier molecular flexibility index (Phi) is 23.3. The van der Waals surface area contributed by atoms with Crippen LogP contribution in [0.1, 0.15) is 108 Å². The van der Waals surface area contributed by atoms with E-state index in [1.54, 1.807) is 49.6 Å². The van der Waals surface area contributed by atoms with Gasteiger partial charge in [-0.2, -0.15) is 20.2 Å². The van der Waals surface area contributed by atoms with Crippen LogP contribution < -0.4 is 66.9 Å². The molecule has 0 saturated carbocycles.